The van der Waals surface area contributed by atoms with Crippen LogP contribution in [0.4, 0.5) is 11.8 Å². The monoisotopic (exact) mass is 318 g/mol. The van der Waals surface area contributed by atoms with Crippen LogP contribution in [0, 0.1) is 6.92 Å². The Morgan fingerprint density at radius 2 is 2.14 bits per heavy atom. The molecule has 0 atom stereocenters. The highest BCUT2D eigenvalue weighted by Crippen LogP contribution is 2.29. The van der Waals surface area contributed by atoms with Gasteiger partial charge in [0, 0.05) is 18.0 Å². The summed E-state index contributed by atoms with van der Waals surface area (Å²) in [4.78, 5) is 11.5. The minimum Gasteiger partial charge on any atom is -0.365 e. The third-order valence-corrected chi connectivity index (χ3v) is 4.77. The van der Waals surface area contributed by atoms with E-state index in [0.29, 0.717) is 5.95 Å². The molecule has 0 aliphatic heterocycles. The summed E-state index contributed by atoms with van der Waals surface area (Å²) in [5.41, 5.74) is 1.28. The average Bonchev–Trinajstić information content (AvgIpc) is 3.10. The van der Waals surface area contributed by atoms with E-state index >= 15 is 0 Å². The zero-order valence-electron chi connectivity index (χ0n) is 12.1. The van der Waals surface area contributed by atoms with Gasteiger partial charge in [-0.1, -0.05) is 6.92 Å². The van der Waals surface area contributed by atoms with Gasteiger partial charge >= 0.3 is 0 Å². The molecule has 0 aliphatic carbocycles. The molecule has 0 saturated heterocycles. The third-order valence-electron chi connectivity index (χ3n) is 3.09. The number of anilines is 2. The molecule has 2 N–H and O–H groups in total. The molecule has 21 heavy (non-hydrogen) atoms. The van der Waals surface area contributed by atoms with Crippen molar-refractivity contribution in [3.8, 4) is 0 Å². The Balaban J connectivity index is 1.89. The van der Waals surface area contributed by atoms with Gasteiger partial charge in [0.1, 0.15) is 10.6 Å². The summed E-state index contributed by atoms with van der Waals surface area (Å²) in [5, 5.41) is 12.1. The number of thiophene rings is 2. The highest BCUT2D eigenvalue weighted by Gasteiger charge is 2.10. The van der Waals surface area contributed by atoms with Gasteiger partial charge in [0.05, 0.1) is 5.39 Å². The number of fused-ring (bicyclic) bond motifs is 1. The van der Waals surface area contributed by atoms with Crippen LogP contribution in [0.15, 0.2) is 22.9 Å². The molecule has 3 rings (SSSR count). The van der Waals surface area contributed by atoms with E-state index in [2.05, 4.69) is 57.3 Å². The van der Waals surface area contributed by atoms with Crippen molar-refractivity contribution in [2.24, 2.45) is 0 Å². The first-order valence-corrected chi connectivity index (χ1v) is 8.79. The van der Waals surface area contributed by atoms with Gasteiger partial charge in [-0.05, 0) is 41.8 Å². The Hall–Kier alpha value is -1.66. The van der Waals surface area contributed by atoms with Crippen LogP contribution in [-0.4, -0.2) is 16.5 Å². The van der Waals surface area contributed by atoms with Gasteiger partial charge in [-0.15, -0.1) is 11.3 Å². The summed E-state index contributed by atoms with van der Waals surface area (Å²) in [6, 6.07) is 4.28. The first-order chi connectivity index (χ1) is 10.3. The smallest absolute Gasteiger partial charge is 0.226 e. The molecule has 0 saturated carbocycles. The number of aryl methyl sites for hydroxylation is 1. The van der Waals surface area contributed by atoms with Crippen molar-refractivity contribution >= 4 is 44.7 Å². The molecule has 0 bridgehead atoms. The van der Waals surface area contributed by atoms with Crippen LogP contribution in [-0.2, 0) is 6.54 Å². The summed E-state index contributed by atoms with van der Waals surface area (Å²) < 4.78 is 0. The molecule has 4 nitrogen and oxygen atoms in total. The molecule has 0 aliphatic rings. The molecule has 110 valence electrons. The zero-order valence-corrected chi connectivity index (χ0v) is 13.8. The van der Waals surface area contributed by atoms with Gasteiger partial charge < -0.3 is 10.6 Å². The second-order valence-corrected chi connectivity index (χ2v) is 6.90. The van der Waals surface area contributed by atoms with Gasteiger partial charge in [-0.2, -0.15) is 16.3 Å². The van der Waals surface area contributed by atoms with Crippen LogP contribution in [0.5, 0.6) is 0 Å². The third kappa shape index (κ3) is 3.33. The van der Waals surface area contributed by atoms with Crippen LogP contribution < -0.4 is 10.6 Å². The van der Waals surface area contributed by atoms with E-state index in [1.165, 1.54) is 10.4 Å². The van der Waals surface area contributed by atoms with E-state index in [9.17, 15) is 0 Å². The van der Waals surface area contributed by atoms with Gasteiger partial charge in [0.2, 0.25) is 5.95 Å². The molecule has 0 radical (unpaired) electrons. The lowest BCUT2D eigenvalue weighted by Crippen LogP contribution is -2.07. The summed E-state index contributed by atoms with van der Waals surface area (Å²) in [6.45, 7) is 5.92. The van der Waals surface area contributed by atoms with Crippen LogP contribution >= 0.6 is 22.7 Å². The first-order valence-electron chi connectivity index (χ1n) is 7.03. The van der Waals surface area contributed by atoms with E-state index in [4.69, 9.17) is 0 Å². The highest BCUT2D eigenvalue weighted by molar-refractivity contribution is 7.18. The lowest BCUT2D eigenvalue weighted by molar-refractivity contribution is 0.956. The minimum absolute atomic E-state index is 0.707. The van der Waals surface area contributed by atoms with Crippen LogP contribution in [0.1, 0.15) is 23.8 Å². The van der Waals surface area contributed by atoms with Gasteiger partial charge in [0.25, 0.3) is 0 Å². The second kappa shape index (κ2) is 6.41. The van der Waals surface area contributed by atoms with Gasteiger partial charge in [0.15, 0.2) is 0 Å². The number of rotatable bonds is 6. The summed E-state index contributed by atoms with van der Waals surface area (Å²) in [5.74, 6) is 1.62. The molecule has 6 heteroatoms. The Morgan fingerprint density at radius 1 is 1.24 bits per heavy atom. The fourth-order valence-corrected chi connectivity index (χ4v) is 3.62. The number of nitrogens with zero attached hydrogens (tertiary/aromatic N) is 2. The summed E-state index contributed by atoms with van der Waals surface area (Å²) >= 11 is 3.42. The van der Waals surface area contributed by atoms with Crippen LogP contribution in [0.25, 0.3) is 10.2 Å². The lowest BCUT2D eigenvalue weighted by Gasteiger charge is -2.09. The van der Waals surface area contributed by atoms with Gasteiger partial charge in [-0.25, -0.2) is 4.98 Å². The molecule has 0 amide bonds. The standard InChI is InChI=1S/C15H18N4S2/c1-3-5-16-15-18-13(17-8-11-4-6-20-9-11)12-7-10(2)21-14(12)19-15/h4,6-7,9H,3,5,8H2,1-2H3,(H2,16,17,18,19). The molecule has 3 aromatic heterocycles. The van der Waals surface area contributed by atoms with Crippen LogP contribution in [0.2, 0.25) is 0 Å². The largest absolute Gasteiger partial charge is 0.365 e. The van der Waals surface area contributed by atoms with Crippen molar-refractivity contribution in [3.63, 3.8) is 0 Å². The maximum Gasteiger partial charge on any atom is 0.226 e. The molecular formula is C15H18N4S2. The highest BCUT2D eigenvalue weighted by atomic mass is 32.1. The zero-order chi connectivity index (χ0) is 14.7. The van der Waals surface area contributed by atoms with Crippen molar-refractivity contribution in [2.75, 3.05) is 17.2 Å². The second-order valence-electron chi connectivity index (χ2n) is 4.88. The van der Waals surface area contributed by atoms with Crippen molar-refractivity contribution in [1.29, 1.82) is 0 Å². The van der Waals surface area contributed by atoms with E-state index in [1.54, 1.807) is 22.7 Å². The molecular weight excluding hydrogens is 300 g/mol. The summed E-state index contributed by atoms with van der Waals surface area (Å²) in [6.07, 6.45) is 1.06. The van der Waals surface area contributed by atoms with Crippen molar-refractivity contribution in [3.05, 3.63) is 33.3 Å². The maximum absolute atomic E-state index is 4.63. The number of aromatic nitrogens is 2. The molecule has 3 aromatic rings. The Morgan fingerprint density at radius 3 is 2.90 bits per heavy atom. The van der Waals surface area contributed by atoms with Crippen molar-refractivity contribution in [1.82, 2.24) is 9.97 Å². The molecule has 3 heterocycles. The quantitative estimate of drug-likeness (QED) is 0.703. The maximum atomic E-state index is 4.63. The van der Waals surface area contributed by atoms with Crippen molar-refractivity contribution < 1.29 is 0 Å². The Bertz CT molecular complexity index is 719. The fraction of sp³-hybridized carbons (Fsp3) is 0.333. The fourth-order valence-electron chi connectivity index (χ4n) is 2.07. The molecule has 0 aromatic carbocycles. The average molecular weight is 318 g/mol. The summed E-state index contributed by atoms with van der Waals surface area (Å²) in [7, 11) is 0. The SMILES string of the molecule is CCCNc1nc(NCc2ccsc2)c2cc(C)sc2n1. The number of hydrogen-bond acceptors (Lipinski definition) is 6. The van der Waals surface area contributed by atoms with Gasteiger partial charge in [-0.3, -0.25) is 0 Å². The number of hydrogen-bond donors (Lipinski definition) is 2. The van der Waals surface area contributed by atoms with E-state index in [0.717, 1.165) is 35.5 Å². The minimum atomic E-state index is 0.707. The Kier molecular flexibility index (Phi) is 4.36. The van der Waals surface area contributed by atoms with Crippen molar-refractivity contribution in [2.45, 2.75) is 26.8 Å². The molecule has 0 unspecified atom stereocenters. The predicted molar refractivity (Wildman–Crippen MR) is 92.6 cm³/mol. The van der Waals surface area contributed by atoms with Crippen LogP contribution in [0.3, 0.4) is 0 Å². The topological polar surface area (TPSA) is 49.8 Å². The van der Waals surface area contributed by atoms with E-state index < -0.39 is 0 Å². The van der Waals surface area contributed by atoms with E-state index in [-0.39, 0.29) is 0 Å². The molecule has 0 spiro atoms. The predicted octanol–water partition coefficient (Wildman–Crippen LogP) is 4.50. The molecule has 0 fully saturated rings. The Labute approximate surface area is 132 Å². The normalized spacial score (nSPS) is 11.0. The lowest BCUT2D eigenvalue weighted by atomic mass is 10.3. The number of nitrogens with one attached hydrogen (secondary N) is 2. The van der Waals surface area contributed by atoms with E-state index in [1.807, 2.05) is 0 Å². The first kappa shape index (κ1) is 14.3.